The van der Waals surface area contributed by atoms with Crippen molar-refractivity contribution < 1.29 is 17.9 Å². The Hall–Kier alpha value is -2.80. The minimum absolute atomic E-state index is 0.0604. The lowest BCUT2D eigenvalue weighted by atomic mass is 10.2. The van der Waals surface area contributed by atoms with Crippen molar-refractivity contribution >= 4 is 27.7 Å². The highest BCUT2D eigenvalue weighted by Gasteiger charge is 2.28. The van der Waals surface area contributed by atoms with Gasteiger partial charge in [-0.05, 0) is 50.1 Å². The first-order chi connectivity index (χ1) is 13.8. The van der Waals surface area contributed by atoms with E-state index in [0.29, 0.717) is 25.2 Å². The molecule has 1 aliphatic heterocycles. The number of benzene rings is 2. The summed E-state index contributed by atoms with van der Waals surface area (Å²) in [7, 11) is -3.18. The summed E-state index contributed by atoms with van der Waals surface area (Å²) in [6, 6.07) is 14.8. The van der Waals surface area contributed by atoms with Gasteiger partial charge in [-0.1, -0.05) is 30.3 Å². The van der Waals surface area contributed by atoms with Gasteiger partial charge in [0.25, 0.3) is 0 Å². The summed E-state index contributed by atoms with van der Waals surface area (Å²) in [6.07, 6.45) is 3.88. The number of amides is 1. The van der Waals surface area contributed by atoms with Crippen LogP contribution in [0.25, 0.3) is 6.08 Å². The van der Waals surface area contributed by atoms with Gasteiger partial charge in [-0.2, -0.15) is 0 Å². The highest BCUT2D eigenvalue weighted by molar-refractivity contribution is 7.93. The highest BCUT2D eigenvalue weighted by Crippen LogP contribution is 2.24. The number of hydrogen-bond acceptors (Lipinski definition) is 4. The van der Waals surface area contributed by atoms with Crippen LogP contribution >= 0.6 is 0 Å². The molecule has 0 aromatic heterocycles. The SMILES string of the molecule is CC(C)Oc1ccccc1CNC(=O)/C=C/c1ccc(N2CCCS2(=O)=O)cc1. The van der Waals surface area contributed by atoms with Gasteiger partial charge in [0.05, 0.1) is 17.5 Å². The van der Waals surface area contributed by atoms with Crippen molar-refractivity contribution in [2.24, 2.45) is 0 Å². The maximum Gasteiger partial charge on any atom is 0.244 e. The molecule has 2 aromatic carbocycles. The third-order valence-electron chi connectivity index (χ3n) is 4.50. The number of carbonyl (C=O) groups is 1. The summed E-state index contributed by atoms with van der Waals surface area (Å²) in [5.41, 5.74) is 2.40. The molecule has 1 heterocycles. The van der Waals surface area contributed by atoms with Crippen molar-refractivity contribution in [1.82, 2.24) is 5.32 Å². The summed E-state index contributed by atoms with van der Waals surface area (Å²) in [6.45, 7) is 4.81. The van der Waals surface area contributed by atoms with Crippen LogP contribution in [0.3, 0.4) is 0 Å². The maximum absolute atomic E-state index is 12.2. The minimum Gasteiger partial charge on any atom is -0.491 e. The van der Waals surface area contributed by atoms with E-state index in [1.165, 1.54) is 10.4 Å². The molecule has 7 heteroatoms. The molecule has 154 valence electrons. The Labute approximate surface area is 172 Å². The number of nitrogens with zero attached hydrogens (tertiary/aromatic N) is 1. The summed E-state index contributed by atoms with van der Waals surface area (Å²) in [5.74, 6) is 0.745. The summed E-state index contributed by atoms with van der Waals surface area (Å²) >= 11 is 0. The fraction of sp³-hybridized carbons (Fsp3) is 0.318. The van der Waals surface area contributed by atoms with Crippen LogP contribution in [0, 0.1) is 0 Å². The topological polar surface area (TPSA) is 75.7 Å². The maximum atomic E-state index is 12.2. The van der Waals surface area contributed by atoms with Crippen LogP contribution < -0.4 is 14.4 Å². The van der Waals surface area contributed by atoms with E-state index in [2.05, 4.69) is 5.32 Å². The molecule has 6 nitrogen and oxygen atoms in total. The number of hydrogen-bond donors (Lipinski definition) is 1. The number of nitrogens with one attached hydrogen (secondary N) is 1. The van der Waals surface area contributed by atoms with Gasteiger partial charge in [-0.25, -0.2) is 8.42 Å². The Kier molecular flexibility index (Phi) is 6.59. The second-order valence-corrected chi connectivity index (χ2v) is 9.17. The second-order valence-electron chi connectivity index (χ2n) is 7.16. The predicted molar refractivity (Wildman–Crippen MR) is 115 cm³/mol. The first-order valence-electron chi connectivity index (χ1n) is 9.66. The van der Waals surface area contributed by atoms with Gasteiger partial charge in [-0.15, -0.1) is 0 Å². The normalized spacial score (nSPS) is 15.8. The lowest BCUT2D eigenvalue weighted by Gasteiger charge is -2.16. The number of rotatable bonds is 7. The fourth-order valence-corrected chi connectivity index (χ4v) is 4.68. The van der Waals surface area contributed by atoms with Crippen molar-refractivity contribution in [3.8, 4) is 5.75 Å². The highest BCUT2D eigenvalue weighted by atomic mass is 32.2. The molecule has 1 fully saturated rings. The summed E-state index contributed by atoms with van der Waals surface area (Å²) < 4.78 is 31.2. The van der Waals surface area contributed by atoms with Crippen molar-refractivity contribution in [2.75, 3.05) is 16.6 Å². The standard InChI is InChI=1S/C22H26N2O4S/c1-17(2)28-21-7-4-3-6-19(21)16-23-22(25)13-10-18-8-11-20(12-9-18)24-14-5-15-29(24,26)27/h3-4,6-13,17H,5,14-16H2,1-2H3,(H,23,25)/b13-10+. The lowest BCUT2D eigenvalue weighted by molar-refractivity contribution is -0.116. The minimum atomic E-state index is -3.18. The van der Waals surface area contributed by atoms with E-state index in [1.54, 1.807) is 30.3 Å². The van der Waals surface area contributed by atoms with E-state index in [9.17, 15) is 13.2 Å². The Bertz CT molecular complexity index is 982. The van der Waals surface area contributed by atoms with Gasteiger partial charge >= 0.3 is 0 Å². The Balaban J connectivity index is 1.57. The van der Waals surface area contributed by atoms with Crippen molar-refractivity contribution in [1.29, 1.82) is 0 Å². The van der Waals surface area contributed by atoms with E-state index in [4.69, 9.17) is 4.74 Å². The largest absolute Gasteiger partial charge is 0.491 e. The zero-order valence-corrected chi connectivity index (χ0v) is 17.5. The zero-order valence-electron chi connectivity index (χ0n) is 16.7. The Morgan fingerprint density at radius 2 is 1.90 bits per heavy atom. The van der Waals surface area contributed by atoms with Crippen LogP contribution in [0.1, 0.15) is 31.4 Å². The smallest absolute Gasteiger partial charge is 0.244 e. The quantitative estimate of drug-likeness (QED) is 0.705. The molecule has 1 saturated heterocycles. The van der Waals surface area contributed by atoms with Gasteiger partial charge in [0.2, 0.25) is 15.9 Å². The van der Waals surface area contributed by atoms with Crippen LogP contribution in [-0.4, -0.2) is 32.7 Å². The third kappa shape index (κ3) is 5.60. The van der Waals surface area contributed by atoms with E-state index in [0.717, 1.165) is 16.9 Å². The summed E-state index contributed by atoms with van der Waals surface area (Å²) in [4.78, 5) is 12.2. The van der Waals surface area contributed by atoms with E-state index >= 15 is 0 Å². The second kappa shape index (κ2) is 9.13. The molecule has 0 saturated carbocycles. The van der Waals surface area contributed by atoms with Crippen LogP contribution in [0.15, 0.2) is 54.6 Å². The molecule has 0 radical (unpaired) electrons. The zero-order chi connectivity index (χ0) is 20.9. The van der Waals surface area contributed by atoms with Gasteiger partial charge in [0.15, 0.2) is 0 Å². The molecule has 1 amide bonds. The molecule has 3 rings (SSSR count). The molecule has 1 aliphatic rings. The average molecular weight is 415 g/mol. The third-order valence-corrected chi connectivity index (χ3v) is 6.37. The first kappa shape index (κ1) is 20.9. The number of sulfonamides is 1. The molecule has 29 heavy (non-hydrogen) atoms. The molecule has 0 atom stereocenters. The average Bonchev–Trinajstić information content (AvgIpc) is 3.04. The fourth-order valence-electron chi connectivity index (χ4n) is 3.11. The Morgan fingerprint density at radius 3 is 2.55 bits per heavy atom. The van der Waals surface area contributed by atoms with E-state index in [-0.39, 0.29) is 17.8 Å². The molecule has 0 aliphatic carbocycles. The molecule has 0 spiro atoms. The molecule has 1 N–H and O–H groups in total. The van der Waals surface area contributed by atoms with Crippen LogP contribution in [0.2, 0.25) is 0 Å². The molecular weight excluding hydrogens is 388 g/mol. The van der Waals surface area contributed by atoms with Gasteiger partial charge < -0.3 is 10.1 Å². The van der Waals surface area contributed by atoms with Gasteiger partial charge in [0.1, 0.15) is 5.75 Å². The summed E-state index contributed by atoms with van der Waals surface area (Å²) in [5, 5.41) is 2.86. The van der Waals surface area contributed by atoms with Crippen LogP contribution in [0.5, 0.6) is 5.75 Å². The van der Waals surface area contributed by atoms with Crippen molar-refractivity contribution in [2.45, 2.75) is 32.9 Å². The molecule has 0 bridgehead atoms. The van der Waals surface area contributed by atoms with Crippen LogP contribution in [0.4, 0.5) is 5.69 Å². The first-order valence-corrected chi connectivity index (χ1v) is 11.3. The number of ether oxygens (including phenoxy) is 1. The Morgan fingerprint density at radius 1 is 1.17 bits per heavy atom. The number of anilines is 1. The molecule has 2 aromatic rings. The van der Waals surface area contributed by atoms with Crippen molar-refractivity contribution in [3.05, 3.63) is 65.7 Å². The van der Waals surface area contributed by atoms with Crippen LogP contribution in [-0.2, 0) is 21.4 Å². The van der Waals surface area contributed by atoms with Crippen molar-refractivity contribution in [3.63, 3.8) is 0 Å². The van der Waals surface area contributed by atoms with E-state index in [1.807, 2.05) is 38.1 Å². The van der Waals surface area contributed by atoms with E-state index < -0.39 is 10.0 Å². The molecule has 0 unspecified atom stereocenters. The lowest BCUT2D eigenvalue weighted by Crippen LogP contribution is -2.24. The predicted octanol–water partition coefficient (Wildman–Crippen LogP) is 3.34. The number of para-hydroxylation sites is 1. The van der Waals surface area contributed by atoms with Gasteiger partial charge in [0, 0.05) is 24.7 Å². The number of carbonyl (C=O) groups excluding carboxylic acids is 1. The monoisotopic (exact) mass is 414 g/mol. The molecular formula is C22H26N2O4S. The van der Waals surface area contributed by atoms with Gasteiger partial charge in [-0.3, -0.25) is 9.10 Å².